The molecule has 11 nitrogen and oxygen atoms in total. The highest BCUT2D eigenvalue weighted by atomic mass is 32.1. The van der Waals surface area contributed by atoms with Gasteiger partial charge in [-0.2, -0.15) is 0 Å². The molecule has 2 aliphatic rings. The first-order valence-electron chi connectivity index (χ1n) is 16.1. The predicted molar refractivity (Wildman–Crippen MR) is 195 cm³/mol. The van der Waals surface area contributed by atoms with Crippen molar-refractivity contribution in [2.45, 2.75) is 64.0 Å². The first kappa shape index (κ1) is 38.5. The van der Waals surface area contributed by atoms with Gasteiger partial charge in [-0.05, 0) is 60.2 Å². The Morgan fingerprint density at radius 3 is 2.28 bits per heavy atom. The summed E-state index contributed by atoms with van der Waals surface area (Å²) in [5, 5.41) is -0.499. The zero-order valence-electron chi connectivity index (χ0n) is 28.7. The molecule has 1 fully saturated rings. The Balaban J connectivity index is 0.00000562. The summed E-state index contributed by atoms with van der Waals surface area (Å²) >= 11 is 4.24. The van der Waals surface area contributed by atoms with E-state index in [9.17, 15) is 14.4 Å². The number of rotatable bonds is 8. The van der Waals surface area contributed by atoms with E-state index in [1.165, 1.54) is 47.5 Å². The maximum absolute atomic E-state index is 13.9. The average Bonchev–Trinajstić information content (AvgIpc) is 3.45. The van der Waals surface area contributed by atoms with E-state index < -0.39 is 46.5 Å². The Labute approximate surface area is 300 Å². The molecule has 1 aliphatic heterocycles. The second-order valence-electron chi connectivity index (χ2n) is 12.8. The van der Waals surface area contributed by atoms with Gasteiger partial charge in [0, 0.05) is 36.6 Å². The van der Waals surface area contributed by atoms with E-state index in [4.69, 9.17) is 36.3 Å². The average molecular weight is 707 g/mol. The molecule has 2 radical (unpaired) electrons. The second kappa shape index (κ2) is 15.7. The molecule has 1 N–H and O–H groups in total. The van der Waals surface area contributed by atoms with Crippen LogP contribution < -0.4 is 14.2 Å². The Kier molecular flexibility index (Phi) is 12.1. The quantitative estimate of drug-likeness (QED) is 0.117. The summed E-state index contributed by atoms with van der Waals surface area (Å²) in [4.78, 5) is 44.8. The van der Waals surface area contributed by atoms with Crippen molar-refractivity contribution in [1.29, 1.82) is 0 Å². The normalized spacial score (nSPS) is 24.8. The number of amides is 1. The largest absolute Gasteiger partial charge is 0.501 e. The molecular weight excluding hydrogens is 659 g/mol. The molecule has 2 heterocycles. The molecule has 268 valence electrons. The van der Waals surface area contributed by atoms with Gasteiger partial charge in [-0.15, -0.1) is 0 Å². The van der Waals surface area contributed by atoms with Crippen LogP contribution in [-0.4, -0.2) is 88.6 Å². The third-order valence-corrected chi connectivity index (χ3v) is 10.2. The highest BCUT2D eigenvalue weighted by molar-refractivity contribution is 7.96. The minimum Gasteiger partial charge on any atom is -0.501 e. The molecule has 3 aromatic rings. The summed E-state index contributed by atoms with van der Waals surface area (Å²) in [6.07, 6.45) is -0.894. The third kappa shape index (κ3) is 7.43. The first-order chi connectivity index (χ1) is 23.3. The lowest BCUT2D eigenvalue weighted by Gasteiger charge is -2.54. The van der Waals surface area contributed by atoms with Crippen LogP contribution in [0, 0.1) is 11.8 Å². The number of fused-ring (bicyclic) bond motifs is 4. The SMILES string of the molecule is C.[B]C12CC(OC(=O)c3cc(OC)c(OC)c(OC)c3)C(OC(C)=O)C(C(=C)OC)C1CC(C)c1[nH]c3ccccc3c1CCN(C(=O)S)C2. The Hall–Kier alpha value is -4.26. The Morgan fingerprint density at radius 1 is 1.04 bits per heavy atom. The maximum Gasteiger partial charge on any atom is 0.338 e. The zero-order chi connectivity index (χ0) is 35.6. The van der Waals surface area contributed by atoms with Gasteiger partial charge in [0.2, 0.25) is 5.75 Å². The van der Waals surface area contributed by atoms with Crippen molar-refractivity contribution in [2.75, 3.05) is 41.5 Å². The van der Waals surface area contributed by atoms with Crippen LogP contribution in [0.25, 0.3) is 10.9 Å². The van der Waals surface area contributed by atoms with Crippen LogP contribution >= 0.6 is 12.6 Å². The summed E-state index contributed by atoms with van der Waals surface area (Å²) in [5.74, 6) is -1.35. The molecule has 6 unspecified atom stereocenters. The summed E-state index contributed by atoms with van der Waals surface area (Å²) in [5.41, 5.74) is 3.28. The minimum atomic E-state index is -1.15. The Morgan fingerprint density at radius 2 is 1.70 bits per heavy atom. The Bertz CT molecular complexity index is 1720. The highest BCUT2D eigenvalue weighted by Gasteiger charge is 2.56. The van der Waals surface area contributed by atoms with Crippen LogP contribution in [-0.2, 0) is 25.4 Å². The molecule has 1 aliphatic carbocycles. The molecule has 13 heteroatoms. The third-order valence-electron chi connectivity index (χ3n) is 9.90. The molecule has 1 saturated carbocycles. The summed E-state index contributed by atoms with van der Waals surface area (Å²) in [6.45, 7) is 8.08. The van der Waals surface area contributed by atoms with Crippen molar-refractivity contribution in [2.24, 2.45) is 11.8 Å². The molecule has 1 aromatic heterocycles. The van der Waals surface area contributed by atoms with E-state index in [-0.39, 0.29) is 43.4 Å². The van der Waals surface area contributed by atoms with E-state index in [1.807, 2.05) is 18.2 Å². The van der Waals surface area contributed by atoms with Gasteiger partial charge in [-0.25, -0.2) is 4.79 Å². The number of nitrogens with one attached hydrogen (secondary N) is 1. The molecule has 1 amide bonds. The van der Waals surface area contributed by atoms with Crippen molar-refractivity contribution in [3.8, 4) is 17.2 Å². The molecule has 0 spiro atoms. The van der Waals surface area contributed by atoms with Crippen LogP contribution in [0.15, 0.2) is 48.7 Å². The number of H-pyrrole nitrogens is 1. The fraction of sp³-hybridized carbons (Fsp3) is 0.486. The summed E-state index contributed by atoms with van der Waals surface area (Å²) < 4.78 is 34.2. The number of nitrogens with zero attached hydrogens (tertiary/aromatic N) is 1. The lowest BCUT2D eigenvalue weighted by molar-refractivity contribution is -0.167. The number of carbonyl (C=O) groups is 3. The molecule has 0 saturated heterocycles. The number of carbonyl (C=O) groups excluding carboxylic acids is 3. The van der Waals surface area contributed by atoms with Gasteiger partial charge in [0.25, 0.3) is 5.24 Å². The highest BCUT2D eigenvalue weighted by Crippen LogP contribution is 2.56. The minimum absolute atomic E-state index is 0. The van der Waals surface area contributed by atoms with Gasteiger partial charge in [-0.3, -0.25) is 9.59 Å². The molecule has 2 aromatic carbocycles. The number of aromatic nitrogens is 1. The van der Waals surface area contributed by atoms with E-state index in [0.29, 0.717) is 30.9 Å². The fourth-order valence-electron chi connectivity index (χ4n) is 7.67. The smallest absolute Gasteiger partial charge is 0.338 e. The standard InChI is InChI=1S/C36H43BN2O9S.CH4/c1-19-14-25-30(20(2)43-4)33(47-21(3)40)29(48-34(41)22-15-27(44-5)32(46-7)28(16-22)45-6)17-36(25,37)18-39(35(42)49)13-12-24-23-10-8-9-11-26(23)38-31(19)24;/h8-11,15-16,19,25,29-30,33,38H,2,12-14,17-18H2,1,3-7H3,(H,42,49);1H4. The first-order valence-corrected chi connectivity index (χ1v) is 16.6. The van der Waals surface area contributed by atoms with Gasteiger partial charge < -0.3 is 38.3 Å². The van der Waals surface area contributed by atoms with Crippen molar-refractivity contribution >= 4 is 48.6 Å². The summed E-state index contributed by atoms with van der Waals surface area (Å²) in [6, 6.07) is 11.0. The fourth-order valence-corrected chi connectivity index (χ4v) is 7.85. The molecule has 5 rings (SSSR count). The van der Waals surface area contributed by atoms with Crippen LogP contribution in [0.2, 0.25) is 5.31 Å². The topological polar surface area (TPSA) is 126 Å². The number of hydrogen-bond acceptors (Lipinski definition) is 9. The van der Waals surface area contributed by atoms with E-state index >= 15 is 0 Å². The van der Waals surface area contributed by atoms with Gasteiger partial charge in [0.1, 0.15) is 12.2 Å². The monoisotopic (exact) mass is 706 g/mol. The predicted octanol–water partition coefficient (Wildman–Crippen LogP) is 6.51. The lowest BCUT2D eigenvalue weighted by atomic mass is 9.48. The van der Waals surface area contributed by atoms with Gasteiger partial charge in [0.05, 0.1) is 53.5 Å². The number of aromatic amines is 1. The number of hydrogen-bond donors (Lipinski definition) is 2. The summed E-state index contributed by atoms with van der Waals surface area (Å²) in [7, 11) is 13.3. The number of para-hydroxylation sites is 1. The maximum atomic E-state index is 13.9. The van der Waals surface area contributed by atoms with Crippen LogP contribution in [0.4, 0.5) is 4.79 Å². The van der Waals surface area contributed by atoms with E-state index in [0.717, 1.165) is 22.2 Å². The van der Waals surface area contributed by atoms with Gasteiger partial charge >= 0.3 is 11.9 Å². The molecular formula is C37H47BN2O9S. The van der Waals surface area contributed by atoms with E-state index in [2.05, 4.69) is 37.2 Å². The van der Waals surface area contributed by atoms with Gasteiger partial charge in [0.15, 0.2) is 11.5 Å². The molecule has 50 heavy (non-hydrogen) atoms. The molecule has 0 bridgehead atoms. The number of benzene rings is 2. The number of methoxy groups -OCH3 is 4. The number of esters is 2. The lowest BCUT2D eigenvalue weighted by Crippen LogP contribution is -2.56. The zero-order valence-corrected chi connectivity index (χ0v) is 29.6. The van der Waals surface area contributed by atoms with Crippen LogP contribution in [0.1, 0.15) is 61.6 Å². The van der Waals surface area contributed by atoms with E-state index in [1.54, 1.807) is 4.90 Å². The van der Waals surface area contributed by atoms with Crippen LogP contribution in [0.3, 0.4) is 0 Å². The van der Waals surface area contributed by atoms with Crippen molar-refractivity contribution < 1.29 is 42.8 Å². The number of ether oxygens (including phenoxy) is 6. The van der Waals surface area contributed by atoms with Gasteiger partial charge in [-0.1, -0.05) is 51.8 Å². The molecule has 6 atom stereocenters. The van der Waals surface area contributed by atoms with Crippen molar-refractivity contribution in [3.63, 3.8) is 0 Å². The van der Waals surface area contributed by atoms with Crippen molar-refractivity contribution in [3.05, 3.63) is 65.6 Å². The second-order valence-corrected chi connectivity index (χ2v) is 13.2. The van der Waals surface area contributed by atoms with Crippen molar-refractivity contribution in [1.82, 2.24) is 9.88 Å². The van der Waals surface area contributed by atoms with Crippen LogP contribution in [0.5, 0.6) is 17.2 Å². The number of thiol groups is 1.